The highest BCUT2D eigenvalue weighted by atomic mass is 32.2. The van der Waals surface area contributed by atoms with Crippen LogP contribution in [0.25, 0.3) is 0 Å². The maximum absolute atomic E-state index is 12.4. The molecule has 0 heterocycles. The van der Waals surface area contributed by atoms with Crippen LogP contribution < -0.4 is 5.32 Å². The van der Waals surface area contributed by atoms with Gasteiger partial charge in [-0.1, -0.05) is 55.9 Å². The smallest absolute Gasteiger partial charge is 0.313 e. The Labute approximate surface area is 153 Å². The highest BCUT2D eigenvalue weighted by Gasteiger charge is 2.21. The lowest BCUT2D eigenvalue weighted by Gasteiger charge is -2.21. The first-order valence-electron chi connectivity index (χ1n) is 8.57. The minimum absolute atomic E-state index is 0.469. The van der Waals surface area contributed by atoms with Crippen molar-refractivity contribution in [1.29, 1.82) is 0 Å². The number of amides is 2. The molecule has 0 spiro atoms. The number of hydrogen-bond donors (Lipinski definition) is 1. The van der Waals surface area contributed by atoms with Crippen LogP contribution in [0.1, 0.15) is 26.7 Å². The minimum atomic E-state index is -0.581. The van der Waals surface area contributed by atoms with E-state index in [9.17, 15) is 9.59 Å². The molecule has 132 valence electrons. The number of rotatable bonds is 7. The van der Waals surface area contributed by atoms with Crippen molar-refractivity contribution in [2.75, 3.05) is 18.4 Å². The summed E-state index contributed by atoms with van der Waals surface area (Å²) in [4.78, 5) is 28.4. The molecule has 0 aliphatic carbocycles. The van der Waals surface area contributed by atoms with Crippen molar-refractivity contribution in [2.45, 2.75) is 36.5 Å². The number of hydrogen-bond acceptors (Lipinski definition) is 3. The summed E-state index contributed by atoms with van der Waals surface area (Å²) in [6.45, 7) is 5.19. The molecule has 2 rings (SSSR count). The monoisotopic (exact) mass is 356 g/mol. The van der Waals surface area contributed by atoms with Gasteiger partial charge in [0.15, 0.2) is 0 Å². The number of para-hydroxylation sites is 1. The number of benzene rings is 2. The van der Waals surface area contributed by atoms with Crippen LogP contribution in [0, 0.1) is 0 Å². The molecule has 0 aromatic heterocycles. The molecule has 0 aliphatic rings. The third kappa shape index (κ3) is 5.64. The van der Waals surface area contributed by atoms with Gasteiger partial charge >= 0.3 is 11.8 Å². The Balaban J connectivity index is 2.11. The van der Waals surface area contributed by atoms with E-state index in [2.05, 4.69) is 5.32 Å². The lowest BCUT2D eigenvalue weighted by atomic mass is 10.3. The fourth-order valence-corrected chi connectivity index (χ4v) is 3.37. The fraction of sp³-hybridized carbons (Fsp3) is 0.300. The van der Waals surface area contributed by atoms with Crippen LogP contribution in [0.15, 0.2) is 64.4 Å². The van der Waals surface area contributed by atoms with Crippen molar-refractivity contribution < 1.29 is 9.59 Å². The third-order valence-electron chi connectivity index (χ3n) is 3.57. The minimum Gasteiger partial charge on any atom is -0.334 e. The second-order valence-corrected chi connectivity index (χ2v) is 6.77. The molecule has 4 nitrogen and oxygen atoms in total. The first-order valence-corrected chi connectivity index (χ1v) is 9.39. The second kappa shape index (κ2) is 9.89. The van der Waals surface area contributed by atoms with Gasteiger partial charge in [-0.3, -0.25) is 9.59 Å². The topological polar surface area (TPSA) is 49.4 Å². The Hall–Kier alpha value is -2.27. The van der Waals surface area contributed by atoms with Gasteiger partial charge in [0.2, 0.25) is 0 Å². The van der Waals surface area contributed by atoms with Crippen LogP contribution in [0.5, 0.6) is 0 Å². The summed E-state index contributed by atoms with van der Waals surface area (Å²) >= 11 is 1.56. The summed E-state index contributed by atoms with van der Waals surface area (Å²) in [6.07, 6.45) is 1.67. The number of carbonyl (C=O) groups is 2. The van der Waals surface area contributed by atoms with Crippen LogP contribution in [0.2, 0.25) is 0 Å². The zero-order valence-corrected chi connectivity index (χ0v) is 15.5. The maximum Gasteiger partial charge on any atom is 0.313 e. The molecule has 0 saturated heterocycles. The van der Waals surface area contributed by atoms with Gasteiger partial charge in [-0.15, -0.1) is 0 Å². The molecule has 2 aromatic rings. The van der Waals surface area contributed by atoms with E-state index in [-0.39, 0.29) is 0 Å². The molecule has 0 unspecified atom stereocenters. The van der Waals surface area contributed by atoms with E-state index in [1.165, 1.54) is 0 Å². The van der Waals surface area contributed by atoms with Crippen molar-refractivity contribution in [3.8, 4) is 0 Å². The first kappa shape index (κ1) is 19.1. The Morgan fingerprint density at radius 1 is 0.920 bits per heavy atom. The standard InChI is InChI=1S/C20H24N2O2S/c1-3-14-22(15-4-2)20(24)19(23)21-17-12-8-9-13-18(17)25-16-10-6-5-7-11-16/h5-13H,3-4,14-15H2,1-2H3,(H,21,23). The van der Waals surface area contributed by atoms with Crippen molar-refractivity contribution in [1.82, 2.24) is 4.90 Å². The quantitative estimate of drug-likeness (QED) is 0.747. The van der Waals surface area contributed by atoms with E-state index in [0.717, 1.165) is 22.6 Å². The van der Waals surface area contributed by atoms with Crippen LogP contribution in [0.3, 0.4) is 0 Å². The maximum atomic E-state index is 12.4. The van der Waals surface area contributed by atoms with Gasteiger partial charge < -0.3 is 10.2 Å². The first-order chi connectivity index (χ1) is 12.2. The number of carbonyl (C=O) groups excluding carboxylic acids is 2. The van der Waals surface area contributed by atoms with Crippen molar-refractivity contribution in [3.05, 3.63) is 54.6 Å². The number of anilines is 1. The average molecular weight is 356 g/mol. The van der Waals surface area contributed by atoms with Crippen molar-refractivity contribution >= 4 is 29.3 Å². The average Bonchev–Trinajstić information content (AvgIpc) is 2.63. The lowest BCUT2D eigenvalue weighted by Crippen LogP contribution is -2.40. The van der Waals surface area contributed by atoms with Crippen molar-refractivity contribution in [3.63, 3.8) is 0 Å². The molecule has 0 bridgehead atoms. The molecule has 0 aliphatic heterocycles. The summed E-state index contributed by atoms with van der Waals surface area (Å²) in [6, 6.07) is 17.5. The zero-order valence-electron chi connectivity index (χ0n) is 14.7. The van der Waals surface area contributed by atoms with Gasteiger partial charge in [0.25, 0.3) is 0 Å². The van der Waals surface area contributed by atoms with Gasteiger partial charge in [-0.25, -0.2) is 0 Å². The fourth-order valence-electron chi connectivity index (χ4n) is 2.45. The Morgan fingerprint density at radius 2 is 1.52 bits per heavy atom. The van der Waals surface area contributed by atoms with E-state index in [0.29, 0.717) is 18.8 Å². The Bertz CT molecular complexity index is 698. The predicted molar refractivity (Wildman–Crippen MR) is 103 cm³/mol. The van der Waals surface area contributed by atoms with E-state index < -0.39 is 11.8 Å². The molecule has 0 radical (unpaired) electrons. The zero-order chi connectivity index (χ0) is 18.1. The molecule has 25 heavy (non-hydrogen) atoms. The molecular weight excluding hydrogens is 332 g/mol. The van der Waals surface area contributed by atoms with Gasteiger partial charge in [-0.05, 0) is 37.1 Å². The Morgan fingerprint density at radius 3 is 2.16 bits per heavy atom. The third-order valence-corrected chi connectivity index (χ3v) is 4.66. The molecular formula is C20H24N2O2S. The molecule has 5 heteroatoms. The van der Waals surface area contributed by atoms with Gasteiger partial charge in [0, 0.05) is 22.9 Å². The van der Waals surface area contributed by atoms with E-state index in [1.807, 2.05) is 68.4 Å². The summed E-state index contributed by atoms with van der Waals surface area (Å²) < 4.78 is 0. The molecule has 0 saturated carbocycles. The summed E-state index contributed by atoms with van der Waals surface area (Å²) in [5.41, 5.74) is 0.655. The van der Waals surface area contributed by atoms with Gasteiger partial charge in [0.05, 0.1) is 5.69 Å². The Kier molecular flexibility index (Phi) is 7.54. The predicted octanol–water partition coefficient (Wildman–Crippen LogP) is 4.42. The molecule has 1 N–H and O–H groups in total. The molecule has 0 fully saturated rings. The molecule has 2 amide bonds. The highest BCUT2D eigenvalue weighted by Crippen LogP contribution is 2.33. The van der Waals surface area contributed by atoms with Crippen molar-refractivity contribution in [2.24, 2.45) is 0 Å². The molecule has 0 atom stereocenters. The van der Waals surface area contributed by atoms with Crippen LogP contribution >= 0.6 is 11.8 Å². The van der Waals surface area contributed by atoms with Gasteiger partial charge in [0.1, 0.15) is 0 Å². The van der Waals surface area contributed by atoms with E-state index in [1.54, 1.807) is 16.7 Å². The largest absolute Gasteiger partial charge is 0.334 e. The highest BCUT2D eigenvalue weighted by molar-refractivity contribution is 7.99. The summed E-state index contributed by atoms with van der Waals surface area (Å²) in [5, 5.41) is 2.78. The lowest BCUT2D eigenvalue weighted by molar-refractivity contribution is -0.143. The summed E-state index contributed by atoms with van der Waals surface area (Å²) in [7, 11) is 0. The van der Waals surface area contributed by atoms with Crippen LogP contribution in [-0.2, 0) is 9.59 Å². The normalized spacial score (nSPS) is 10.3. The SMILES string of the molecule is CCCN(CCC)C(=O)C(=O)Nc1ccccc1Sc1ccccc1. The van der Waals surface area contributed by atoms with Crippen LogP contribution in [-0.4, -0.2) is 29.8 Å². The van der Waals surface area contributed by atoms with Gasteiger partial charge in [-0.2, -0.15) is 0 Å². The number of nitrogens with zero attached hydrogens (tertiary/aromatic N) is 1. The van der Waals surface area contributed by atoms with E-state index in [4.69, 9.17) is 0 Å². The number of nitrogens with one attached hydrogen (secondary N) is 1. The summed E-state index contributed by atoms with van der Waals surface area (Å²) in [5.74, 6) is -1.05. The van der Waals surface area contributed by atoms with Crippen LogP contribution in [0.4, 0.5) is 5.69 Å². The molecule has 2 aromatic carbocycles. The van der Waals surface area contributed by atoms with E-state index >= 15 is 0 Å². The second-order valence-electron chi connectivity index (χ2n) is 5.66.